The van der Waals surface area contributed by atoms with Gasteiger partial charge in [0.05, 0.1) is 5.56 Å². The standard InChI is InChI=1S/C12H16N2O2/c1-13-6-8-14(9-7-13)12(16)10-4-2-3-5-11(10)15/h2-5,15H,6-9H2,1H3. The first-order valence-electron chi connectivity index (χ1n) is 5.44. The van der Waals surface area contributed by atoms with Gasteiger partial charge >= 0.3 is 0 Å². The van der Waals surface area contributed by atoms with Gasteiger partial charge in [-0.25, -0.2) is 0 Å². The summed E-state index contributed by atoms with van der Waals surface area (Å²) in [6.07, 6.45) is 0. The van der Waals surface area contributed by atoms with Gasteiger partial charge in [0, 0.05) is 26.2 Å². The van der Waals surface area contributed by atoms with E-state index in [1.54, 1.807) is 29.2 Å². The van der Waals surface area contributed by atoms with Crippen molar-refractivity contribution in [2.24, 2.45) is 0 Å². The molecular formula is C12H16N2O2. The van der Waals surface area contributed by atoms with E-state index in [9.17, 15) is 9.90 Å². The summed E-state index contributed by atoms with van der Waals surface area (Å²) >= 11 is 0. The third kappa shape index (κ3) is 2.17. The molecule has 1 aromatic rings. The molecule has 0 atom stereocenters. The average Bonchev–Trinajstić information content (AvgIpc) is 2.30. The molecule has 16 heavy (non-hydrogen) atoms. The molecule has 1 aliphatic rings. The third-order valence-electron chi connectivity index (χ3n) is 2.92. The van der Waals surface area contributed by atoms with Gasteiger partial charge in [-0.3, -0.25) is 4.79 Å². The molecule has 1 saturated heterocycles. The highest BCUT2D eigenvalue weighted by molar-refractivity contribution is 5.96. The Kier molecular flexibility index (Phi) is 3.10. The van der Waals surface area contributed by atoms with Gasteiger partial charge in [-0.1, -0.05) is 12.1 Å². The van der Waals surface area contributed by atoms with Crippen molar-refractivity contribution >= 4 is 5.91 Å². The summed E-state index contributed by atoms with van der Waals surface area (Å²) in [6.45, 7) is 3.23. The van der Waals surface area contributed by atoms with Crippen LogP contribution in [0.3, 0.4) is 0 Å². The van der Waals surface area contributed by atoms with Crippen LogP contribution >= 0.6 is 0 Å². The smallest absolute Gasteiger partial charge is 0.257 e. The number of benzene rings is 1. The minimum atomic E-state index is -0.0776. The Labute approximate surface area is 95.1 Å². The van der Waals surface area contributed by atoms with E-state index in [-0.39, 0.29) is 11.7 Å². The van der Waals surface area contributed by atoms with E-state index < -0.39 is 0 Å². The predicted octanol–water partition coefficient (Wildman–Crippen LogP) is 0.780. The maximum Gasteiger partial charge on any atom is 0.257 e. The van der Waals surface area contributed by atoms with Gasteiger partial charge in [-0.2, -0.15) is 0 Å². The van der Waals surface area contributed by atoms with E-state index >= 15 is 0 Å². The van der Waals surface area contributed by atoms with E-state index in [1.165, 1.54) is 0 Å². The van der Waals surface area contributed by atoms with Gasteiger partial charge in [0.15, 0.2) is 0 Å². The molecule has 1 amide bonds. The molecule has 0 radical (unpaired) electrons. The van der Waals surface area contributed by atoms with Crippen molar-refractivity contribution in [3.8, 4) is 5.75 Å². The summed E-state index contributed by atoms with van der Waals surface area (Å²) < 4.78 is 0. The van der Waals surface area contributed by atoms with Crippen LogP contribution in [0.1, 0.15) is 10.4 Å². The van der Waals surface area contributed by atoms with Crippen LogP contribution in [0, 0.1) is 0 Å². The first-order valence-corrected chi connectivity index (χ1v) is 5.44. The van der Waals surface area contributed by atoms with Crippen LogP contribution in [0.2, 0.25) is 0 Å². The Morgan fingerprint density at radius 3 is 2.44 bits per heavy atom. The molecule has 86 valence electrons. The summed E-state index contributed by atoms with van der Waals surface area (Å²) in [5, 5.41) is 9.61. The largest absolute Gasteiger partial charge is 0.507 e. The molecule has 2 rings (SSSR count). The number of hydrogen-bond acceptors (Lipinski definition) is 3. The maximum absolute atomic E-state index is 12.1. The van der Waals surface area contributed by atoms with Crippen LogP contribution in [-0.2, 0) is 0 Å². The number of carbonyl (C=O) groups excluding carboxylic acids is 1. The first-order chi connectivity index (χ1) is 7.68. The lowest BCUT2D eigenvalue weighted by Gasteiger charge is -2.32. The van der Waals surface area contributed by atoms with Crippen LogP contribution in [0.25, 0.3) is 0 Å². The SMILES string of the molecule is CN1CCN(C(=O)c2ccccc2O)CC1. The maximum atomic E-state index is 12.1. The number of nitrogens with zero attached hydrogens (tertiary/aromatic N) is 2. The van der Waals surface area contributed by atoms with Crippen molar-refractivity contribution in [2.45, 2.75) is 0 Å². The fourth-order valence-electron chi connectivity index (χ4n) is 1.83. The molecule has 4 nitrogen and oxygen atoms in total. The second-order valence-corrected chi connectivity index (χ2v) is 4.11. The highest BCUT2D eigenvalue weighted by Gasteiger charge is 2.21. The van der Waals surface area contributed by atoms with Gasteiger partial charge in [0.2, 0.25) is 0 Å². The number of aromatic hydroxyl groups is 1. The quantitative estimate of drug-likeness (QED) is 0.760. The number of para-hydroxylation sites is 1. The monoisotopic (exact) mass is 220 g/mol. The topological polar surface area (TPSA) is 43.8 Å². The number of amides is 1. The molecule has 0 bridgehead atoms. The summed E-state index contributed by atoms with van der Waals surface area (Å²) in [5.74, 6) is -0.0161. The summed E-state index contributed by atoms with van der Waals surface area (Å²) in [6, 6.07) is 6.69. The Hall–Kier alpha value is -1.55. The molecule has 0 aromatic heterocycles. The Morgan fingerprint density at radius 2 is 1.81 bits per heavy atom. The minimum absolute atomic E-state index is 0.0615. The number of hydrogen-bond donors (Lipinski definition) is 1. The average molecular weight is 220 g/mol. The minimum Gasteiger partial charge on any atom is -0.507 e. The molecular weight excluding hydrogens is 204 g/mol. The van der Waals surface area contributed by atoms with Crippen LogP contribution in [0.4, 0.5) is 0 Å². The van der Waals surface area contributed by atoms with Gasteiger partial charge in [0.25, 0.3) is 5.91 Å². The second kappa shape index (κ2) is 4.53. The van der Waals surface area contributed by atoms with Crippen molar-refractivity contribution < 1.29 is 9.90 Å². The summed E-state index contributed by atoms with van der Waals surface area (Å²) in [5.41, 5.74) is 0.395. The van der Waals surface area contributed by atoms with Crippen molar-refractivity contribution in [1.82, 2.24) is 9.80 Å². The zero-order chi connectivity index (χ0) is 11.5. The molecule has 1 heterocycles. The molecule has 4 heteroatoms. The van der Waals surface area contributed by atoms with Gasteiger partial charge in [0.1, 0.15) is 5.75 Å². The fraction of sp³-hybridized carbons (Fsp3) is 0.417. The number of likely N-dealkylation sites (N-methyl/N-ethyl adjacent to an activating group) is 1. The van der Waals surface area contributed by atoms with E-state index in [0.29, 0.717) is 5.56 Å². The molecule has 0 unspecified atom stereocenters. The number of phenolic OH excluding ortho intramolecular Hbond substituents is 1. The van der Waals surface area contributed by atoms with Crippen LogP contribution in [-0.4, -0.2) is 54.0 Å². The zero-order valence-corrected chi connectivity index (χ0v) is 9.39. The van der Waals surface area contributed by atoms with E-state index in [2.05, 4.69) is 4.90 Å². The summed E-state index contributed by atoms with van der Waals surface area (Å²) in [4.78, 5) is 16.1. The van der Waals surface area contributed by atoms with E-state index in [4.69, 9.17) is 0 Å². The molecule has 1 N–H and O–H groups in total. The van der Waals surface area contributed by atoms with Crippen LogP contribution in [0.5, 0.6) is 5.75 Å². The van der Waals surface area contributed by atoms with E-state index in [1.807, 2.05) is 7.05 Å². The fourth-order valence-corrected chi connectivity index (χ4v) is 1.83. The van der Waals surface area contributed by atoms with Crippen molar-refractivity contribution in [2.75, 3.05) is 33.2 Å². The van der Waals surface area contributed by atoms with Crippen molar-refractivity contribution in [3.05, 3.63) is 29.8 Å². The van der Waals surface area contributed by atoms with Gasteiger partial charge in [-0.05, 0) is 19.2 Å². The number of carbonyl (C=O) groups is 1. The van der Waals surface area contributed by atoms with Gasteiger partial charge < -0.3 is 14.9 Å². The first kappa shape index (κ1) is 11.0. The molecule has 0 spiro atoms. The zero-order valence-electron chi connectivity index (χ0n) is 9.39. The van der Waals surface area contributed by atoms with Crippen molar-refractivity contribution in [1.29, 1.82) is 0 Å². The third-order valence-corrected chi connectivity index (χ3v) is 2.92. The lowest BCUT2D eigenvalue weighted by atomic mass is 10.1. The lowest BCUT2D eigenvalue weighted by Crippen LogP contribution is -2.47. The Morgan fingerprint density at radius 1 is 1.19 bits per heavy atom. The number of piperazine rings is 1. The van der Waals surface area contributed by atoms with Gasteiger partial charge in [-0.15, -0.1) is 0 Å². The highest BCUT2D eigenvalue weighted by Crippen LogP contribution is 2.18. The molecule has 0 saturated carbocycles. The Bertz CT molecular complexity index is 384. The normalized spacial score (nSPS) is 17.4. The lowest BCUT2D eigenvalue weighted by molar-refractivity contribution is 0.0661. The molecule has 1 fully saturated rings. The molecule has 1 aromatic carbocycles. The number of rotatable bonds is 1. The van der Waals surface area contributed by atoms with E-state index in [0.717, 1.165) is 26.2 Å². The predicted molar refractivity (Wildman–Crippen MR) is 61.5 cm³/mol. The second-order valence-electron chi connectivity index (χ2n) is 4.11. The summed E-state index contributed by atoms with van der Waals surface area (Å²) in [7, 11) is 2.04. The molecule has 0 aliphatic carbocycles. The van der Waals surface area contributed by atoms with Crippen molar-refractivity contribution in [3.63, 3.8) is 0 Å². The van der Waals surface area contributed by atoms with Crippen LogP contribution < -0.4 is 0 Å². The Balaban J connectivity index is 2.11. The number of phenols is 1. The van der Waals surface area contributed by atoms with Crippen LogP contribution in [0.15, 0.2) is 24.3 Å². The highest BCUT2D eigenvalue weighted by atomic mass is 16.3. The molecule has 1 aliphatic heterocycles.